The summed E-state index contributed by atoms with van der Waals surface area (Å²) in [5.41, 5.74) is 12.7. The summed E-state index contributed by atoms with van der Waals surface area (Å²) in [4.78, 5) is 12.0. The van der Waals surface area contributed by atoms with E-state index in [9.17, 15) is 4.79 Å². The van der Waals surface area contributed by atoms with Crippen molar-refractivity contribution in [1.82, 2.24) is 5.73 Å². The minimum absolute atomic E-state index is 0.149. The number of fused-ring (bicyclic) bond motifs is 1. The Kier molecular flexibility index (Phi) is 4.15. The highest BCUT2D eigenvalue weighted by Crippen LogP contribution is 2.35. The molecule has 3 rings (SSSR count). The topological polar surface area (TPSA) is 40.9 Å². The molecule has 4 heteroatoms. The Labute approximate surface area is 140 Å². The molecule has 2 aliphatic rings. The average Bonchev–Trinajstić information content (AvgIpc) is 2.94. The number of hydrogen-bond acceptors (Lipinski definition) is 1. The van der Waals surface area contributed by atoms with Crippen molar-refractivity contribution in [2.24, 2.45) is 0 Å². The largest absolute Gasteiger partial charge is 0.270 e. The van der Waals surface area contributed by atoms with Crippen molar-refractivity contribution in [3.63, 3.8) is 0 Å². The molecule has 0 saturated heterocycles. The SMILES string of the molecule is C[Si](C)=C1C(c2cccc3c2C=CC3)=C(C([NH])=O)C=CC1Br. The number of carbonyl (C=O) groups is 1. The number of allylic oxidation sites excluding steroid dienone is 3. The van der Waals surface area contributed by atoms with Gasteiger partial charge >= 0.3 is 0 Å². The molecule has 0 fully saturated rings. The van der Waals surface area contributed by atoms with Crippen LogP contribution in [0.1, 0.15) is 16.7 Å². The van der Waals surface area contributed by atoms with Crippen LogP contribution in [0.5, 0.6) is 0 Å². The summed E-state index contributed by atoms with van der Waals surface area (Å²) >= 11 is 3.73. The zero-order valence-corrected chi connectivity index (χ0v) is 15.2. The molecule has 1 atom stereocenters. The Morgan fingerprint density at radius 3 is 2.77 bits per heavy atom. The normalized spacial score (nSPS) is 19.6. The number of amides is 1. The summed E-state index contributed by atoms with van der Waals surface area (Å²) < 4.78 is 0. The molecule has 1 aromatic rings. The smallest absolute Gasteiger partial charge is 0.267 e. The summed E-state index contributed by atoms with van der Waals surface area (Å²) in [5, 5.41) is 1.27. The van der Waals surface area contributed by atoms with Gasteiger partial charge in [-0.25, -0.2) is 0 Å². The van der Waals surface area contributed by atoms with Crippen LogP contribution in [0.4, 0.5) is 0 Å². The Hall–Kier alpha value is -1.52. The minimum atomic E-state index is -0.760. The van der Waals surface area contributed by atoms with Gasteiger partial charge in [0.05, 0.1) is 4.83 Å². The quantitative estimate of drug-likeness (QED) is 0.578. The second-order valence-corrected chi connectivity index (χ2v) is 9.30. The number of carbonyl (C=O) groups excluding carboxylic acids is 1. The fourth-order valence-corrected chi connectivity index (χ4v) is 6.33. The van der Waals surface area contributed by atoms with Crippen LogP contribution in [0.25, 0.3) is 11.6 Å². The van der Waals surface area contributed by atoms with Gasteiger partial charge < -0.3 is 0 Å². The Bertz CT molecular complexity index is 782. The second kappa shape index (κ2) is 5.93. The lowest BCUT2D eigenvalue weighted by molar-refractivity contribution is -0.114. The number of alkyl halides is 1. The molecule has 0 spiro atoms. The van der Waals surface area contributed by atoms with Crippen molar-refractivity contribution in [1.29, 1.82) is 0 Å². The highest BCUT2D eigenvalue weighted by molar-refractivity contribution is 9.10. The lowest BCUT2D eigenvalue weighted by atomic mass is 9.87. The van der Waals surface area contributed by atoms with Gasteiger partial charge in [-0.3, -0.25) is 10.5 Å². The first-order valence-corrected chi connectivity index (χ1v) is 10.7. The van der Waals surface area contributed by atoms with Gasteiger partial charge in [0.2, 0.25) is 0 Å². The monoisotopic (exact) mass is 370 g/mol. The summed E-state index contributed by atoms with van der Waals surface area (Å²) in [7, 11) is -0.760. The molecule has 111 valence electrons. The molecule has 1 amide bonds. The maximum absolute atomic E-state index is 11.9. The predicted molar refractivity (Wildman–Crippen MR) is 98.5 cm³/mol. The summed E-state index contributed by atoms with van der Waals surface area (Å²) in [6, 6.07) is 6.27. The van der Waals surface area contributed by atoms with Crippen LogP contribution in [0.3, 0.4) is 0 Å². The molecule has 0 aromatic heterocycles. The van der Waals surface area contributed by atoms with Gasteiger partial charge in [-0.1, -0.05) is 71.5 Å². The maximum atomic E-state index is 11.9. The first-order chi connectivity index (χ1) is 10.5. The molecule has 0 saturated carbocycles. The van der Waals surface area contributed by atoms with Gasteiger partial charge in [0.25, 0.3) is 5.91 Å². The summed E-state index contributed by atoms with van der Waals surface area (Å²) in [5.74, 6) is -0.606. The Morgan fingerprint density at radius 1 is 1.32 bits per heavy atom. The van der Waals surface area contributed by atoms with E-state index in [1.807, 2.05) is 6.08 Å². The average molecular weight is 371 g/mol. The van der Waals surface area contributed by atoms with Crippen LogP contribution in [0.15, 0.2) is 42.0 Å². The fraction of sp³-hybridized carbons (Fsp3) is 0.222. The van der Waals surface area contributed by atoms with Gasteiger partial charge in [-0.05, 0) is 33.9 Å². The molecular weight excluding hydrogens is 354 g/mol. The first kappa shape index (κ1) is 15.4. The summed E-state index contributed by atoms with van der Waals surface area (Å²) in [6.45, 7) is 4.47. The number of benzene rings is 1. The molecule has 1 unspecified atom stereocenters. The van der Waals surface area contributed by atoms with Crippen LogP contribution in [0.2, 0.25) is 13.1 Å². The summed E-state index contributed by atoms with van der Waals surface area (Å²) in [6.07, 6.45) is 9.03. The second-order valence-electron chi connectivity index (χ2n) is 5.78. The Balaban J connectivity index is 2.35. The van der Waals surface area contributed by atoms with Crippen LogP contribution < -0.4 is 5.73 Å². The molecule has 22 heavy (non-hydrogen) atoms. The molecule has 1 radical (unpaired) electrons. The van der Waals surface area contributed by atoms with Crippen molar-refractivity contribution < 1.29 is 4.79 Å². The molecule has 0 heterocycles. The van der Waals surface area contributed by atoms with E-state index in [0.717, 1.165) is 17.6 Å². The molecule has 2 nitrogen and oxygen atoms in total. The van der Waals surface area contributed by atoms with E-state index in [1.165, 1.54) is 16.3 Å². The zero-order valence-electron chi connectivity index (χ0n) is 12.6. The highest BCUT2D eigenvalue weighted by Gasteiger charge is 2.27. The van der Waals surface area contributed by atoms with Crippen molar-refractivity contribution >= 4 is 47.1 Å². The Morgan fingerprint density at radius 2 is 2.09 bits per heavy atom. The number of halogens is 1. The molecule has 2 aliphatic carbocycles. The van der Waals surface area contributed by atoms with Crippen molar-refractivity contribution in [3.8, 4) is 0 Å². The predicted octanol–water partition coefficient (Wildman–Crippen LogP) is 3.66. The standard InChI is InChI=1S/C18H17BrNOSi/c1-22(2)17-15(19)10-9-14(18(20)21)16(17)13-8-4-6-11-5-3-7-12(11)13/h3-4,6-10,15,20H,5H2,1-2H3. The van der Waals surface area contributed by atoms with Crippen LogP contribution in [0, 0.1) is 0 Å². The van der Waals surface area contributed by atoms with Gasteiger partial charge in [0, 0.05) is 14.0 Å². The third-order valence-corrected chi connectivity index (χ3v) is 6.94. The van der Waals surface area contributed by atoms with Crippen LogP contribution in [-0.2, 0) is 11.2 Å². The van der Waals surface area contributed by atoms with Gasteiger partial charge in [0.1, 0.15) is 0 Å². The van der Waals surface area contributed by atoms with Crippen molar-refractivity contribution in [2.45, 2.75) is 24.3 Å². The van der Waals surface area contributed by atoms with E-state index in [-0.39, 0.29) is 4.83 Å². The molecular formula is C18H17BrNOSi. The van der Waals surface area contributed by atoms with E-state index in [1.54, 1.807) is 6.08 Å². The third kappa shape index (κ3) is 2.50. The molecule has 0 aliphatic heterocycles. The van der Waals surface area contributed by atoms with Crippen LogP contribution in [-0.4, -0.2) is 24.3 Å². The van der Waals surface area contributed by atoms with Gasteiger partial charge in [-0.2, -0.15) is 0 Å². The number of rotatable bonds is 2. The first-order valence-electron chi connectivity index (χ1n) is 7.29. The fourth-order valence-electron chi connectivity index (χ4n) is 3.16. The van der Waals surface area contributed by atoms with E-state index in [2.05, 4.69) is 59.4 Å². The molecule has 0 bridgehead atoms. The lowest BCUT2D eigenvalue weighted by Gasteiger charge is -2.25. The van der Waals surface area contributed by atoms with E-state index < -0.39 is 14.3 Å². The van der Waals surface area contributed by atoms with Gasteiger partial charge in [0.15, 0.2) is 0 Å². The maximum Gasteiger partial charge on any atom is 0.270 e. The number of nitrogens with one attached hydrogen (secondary N) is 1. The zero-order chi connectivity index (χ0) is 15.9. The van der Waals surface area contributed by atoms with E-state index in [0.29, 0.717) is 5.57 Å². The van der Waals surface area contributed by atoms with Crippen molar-refractivity contribution in [3.05, 3.63) is 58.7 Å². The molecule has 1 N–H and O–H groups in total. The van der Waals surface area contributed by atoms with Crippen molar-refractivity contribution in [2.75, 3.05) is 0 Å². The highest BCUT2D eigenvalue weighted by atomic mass is 79.9. The van der Waals surface area contributed by atoms with E-state index >= 15 is 0 Å². The van der Waals surface area contributed by atoms with Crippen LogP contribution >= 0.6 is 15.9 Å². The third-order valence-electron chi connectivity index (χ3n) is 4.12. The van der Waals surface area contributed by atoms with E-state index in [4.69, 9.17) is 5.73 Å². The molecule has 1 aromatic carbocycles. The minimum Gasteiger partial charge on any atom is -0.267 e. The lowest BCUT2D eigenvalue weighted by Crippen LogP contribution is -2.27. The van der Waals surface area contributed by atoms with Gasteiger partial charge in [-0.15, -0.1) is 0 Å². The number of hydrogen-bond donors (Lipinski definition) is 0.